The van der Waals surface area contributed by atoms with Crippen molar-refractivity contribution in [2.45, 2.75) is 18.2 Å². The van der Waals surface area contributed by atoms with E-state index in [4.69, 9.17) is 0 Å². The van der Waals surface area contributed by atoms with E-state index in [9.17, 15) is 5.11 Å². The minimum absolute atomic E-state index is 0.0715. The van der Waals surface area contributed by atoms with Crippen LogP contribution < -0.4 is 4.90 Å². The number of para-hydroxylation sites is 1. The number of anilines is 1. The molecule has 0 radical (unpaired) electrons. The van der Waals surface area contributed by atoms with Crippen LogP contribution in [0, 0.1) is 0 Å². The zero-order valence-electron chi connectivity index (χ0n) is 12.8. The summed E-state index contributed by atoms with van der Waals surface area (Å²) in [6.07, 6.45) is -0.499. The van der Waals surface area contributed by atoms with Crippen LogP contribution in [0.1, 0.15) is 23.3 Å². The molecule has 3 aromatic carbocycles. The number of rotatable bonds is 4. The van der Waals surface area contributed by atoms with Crippen LogP contribution in [0.2, 0.25) is 0 Å². The van der Waals surface area contributed by atoms with Crippen molar-refractivity contribution in [1.82, 2.24) is 0 Å². The molecule has 3 atom stereocenters. The molecular weight excluding hydrogens is 282 g/mol. The van der Waals surface area contributed by atoms with Crippen LogP contribution in [0.4, 0.5) is 5.69 Å². The van der Waals surface area contributed by atoms with Crippen molar-refractivity contribution in [3.63, 3.8) is 0 Å². The van der Waals surface area contributed by atoms with Crippen LogP contribution in [0.25, 0.3) is 0 Å². The first kappa shape index (κ1) is 14.0. The first-order valence-corrected chi connectivity index (χ1v) is 7.97. The fourth-order valence-electron chi connectivity index (χ4n) is 3.36. The molecule has 2 heteroatoms. The number of aliphatic hydroxyl groups excluding tert-OH is 1. The van der Waals surface area contributed by atoms with Crippen molar-refractivity contribution in [1.29, 1.82) is 0 Å². The predicted octanol–water partition coefficient (Wildman–Crippen LogP) is 4.35. The quantitative estimate of drug-likeness (QED) is 0.724. The summed E-state index contributed by atoms with van der Waals surface area (Å²) in [5.41, 5.74) is 3.37. The fraction of sp³-hybridized carbons (Fsp3) is 0.143. The van der Waals surface area contributed by atoms with Gasteiger partial charge < -0.3 is 10.0 Å². The Bertz CT molecular complexity index is 712. The van der Waals surface area contributed by atoms with E-state index in [2.05, 4.69) is 41.3 Å². The average molecular weight is 301 g/mol. The van der Waals surface area contributed by atoms with Gasteiger partial charge >= 0.3 is 0 Å². The Morgan fingerprint density at radius 1 is 0.696 bits per heavy atom. The summed E-state index contributed by atoms with van der Waals surface area (Å²) in [6.45, 7) is 0. The average Bonchev–Trinajstić information content (AvgIpc) is 3.39. The van der Waals surface area contributed by atoms with Crippen molar-refractivity contribution in [2.24, 2.45) is 0 Å². The minimum atomic E-state index is -0.499. The van der Waals surface area contributed by atoms with E-state index in [1.54, 1.807) is 0 Å². The Morgan fingerprint density at radius 3 is 1.83 bits per heavy atom. The van der Waals surface area contributed by atoms with Crippen LogP contribution in [-0.4, -0.2) is 11.1 Å². The van der Waals surface area contributed by atoms with Crippen LogP contribution in [0.5, 0.6) is 0 Å². The van der Waals surface area contributed by atoms with E-state index in [-0.39, 0.29) is 12.1 Å². The van der Waals surface area contributed by atoms with Gasteiger partial charge in [-0.15, -0.1) is 0 Å². The topological polar surface area (TPSA) is 23.2 Å². The highest BCUT2D eigenvalue weighted by Crippen LogP contribution is 2.51. The zero-order valence-corrected chi connectivity index (χ0v) is 12.8. The highest BCUT2D eigenvalue weighted by molar-refractivity contribution is 5.60. The maximum absolute atomic E-state index is 10.9. The lowest BCUT2D eigenvalue weighted by Gasteiger charge is -2.11. The van der Waals surface area contributed by atoms with Gasteiger partial charge in [0.1, 0.15) is 6.10 Å². The molecule has 0 bridgehead atoms. The normalized spacial score (nSPS) is 21.0. The monoisotopic (exact) mass is 301 g/mol. The van der Waals surface area contributed by atoms with Gasteiger partial charge in [-0.2, -0.15) is 0 Å². The first-order chi connectivity index (χ1) is 11.4. The number of hydrogen-bond acceptors (Lipinski definition) is 2. The molecule has 0 spiro atoms. The third-order valence-corrected chi connectivity index (χ3v) is 4.51. The largest absolute Gasteiger partial charge is 0.386 e. The summed E-state index contributed by atoms with van der Waals surface area (Å²) >= 11 is 0. The highest BCUT2D eigenvalue weighted by Gasteiger charge is 2.52. The molecule has 0 saturated carbocycles. The number of nitrogens with zero attached hydrogens (tertiary/aromatic N) is 1. The molecule has 0 amide bonds. The Hall–Kier alpha value is -2.58. The molecule has 4 rings (SSSR count). The molecule has 0 aliphatic carbocycles. The van der Waals surface area contributed by atoms with Gasteiger partial charge in [0.25, 0.3) is 0 Å². The zero-order chi connectivity index (χ0) is 15.6. The third-order valence-electron chi connectivity index (χ3n) is 4.51. The van der Waals surface area contributed by atoms with Crippen LogP contribution in [0.3, 0.4) is 0 Å². The van der Waals surface area contributed by atoms with Crippen molar-refractivity contribution in [2.75, 3.05) is 4.90 Å². The summed E-state index contributed by atoms with van der Waals surface area (Å²) in [7, 11) is 0. The molecule has 1 fully saturated rings. The number of hydrogen-bond donors (Lipinski definition) is 1. The molecule has 2 nitrogen and oxygen atoms in total. The van der Waals surface area contributed by atoms with E-state index in [0.717, 1.165) is 11.3 Å². The molecule has 1 aliphatic rings. The van der Waals surface area contributed by atoms with Gasteiger partial charge in [0.2, 0.25) is 0 Å². The lowest BCUT2D eigenvalue weighted by Crippen LogP contribution is -2.10. The molecule has 23 heavy (non-hydrogen) atoms. The Balaban J connectivity index is 1.69. The molecule has 3 unspecified atom stereocenters. The lowest BCUT2D eigenvalue weighted by atomic mass is 10.0. The molecule has 1 saturated heterocycles. The van der Waals surface area contributed by atoms with E-state index in [1.165, 1.54) is 5.56 Å². The van der Waals surface area contributed by atoms with Crippen molar-refractivity contribution < 1.29 is 5.11 Å². The lowest BCUT2D eigenvalue weighted by molar-refractivity contribution is 0.176. The highest BCUT2D eigenvalue weighted by atomic mass is 16.3. The smallest absolute Gasteiger partial charge is 0.102 e. The van der Waals surface area contributed by atoms with Gasteiger partial charge in [-0.1, -0.05) is 78.9 Å². The molecule has 114 valence electrons. The van der Waals surface area contributed by atoms with Crippen molar-refractivity contribution >= 4 is 5.69 Å². The van der Waals surface area contributed by atoms with E-state index < -0.39 is 6.10 Å². The predicted molar refractivity (Wildman–Crippen MR) is 93.3 cm³/mol. The maximum Gasteiger partial charge on any atom is 0.102 e. The third kappa shape index (κ3) is 2.62. The Morgan fingerprint density at radius 2 is 1.22 bits per heavy atom. The summed E-state index contributed by atoms with van der Waals surface area (Å²) in [5.74, 6) is 0. The molecular formula is C21H19NO. The minimum Gasteiger partial charge on any atom is -0.386 e. The summed E-state index contributed by atoms with van der Waals surface area (Å²) in [6, 6.07) is 30.9. The molecule has 1 N–H and O–H groups in total. The van der Waals surface area contributed by atoms with E-state index >= 15 is 0 Å². The number of aliphatic hydroxyl groups is 1. The molecule has 0 aromatic heterocycles. The Kier molecular flexibility index (Phi) is 3.60. The van der Waals surface area contributed by atoms with Gasteiger partial charge in [0.05, 0.1) is 12.1 Å². The van der Waals surface area contributed by atoms with Crippen LogP contribution >= 0.6 is 0 Å². The van der Waals surface area contributed by atoms with Gasteiger partial charge in [-0.3, -0.25) is 0 Å². The van der Waals surface area contributed by atoms with Crippen molar-refractivity contribution in [3.05, 3.63) is 102 Å². The van der Waals surface area contributed by atoms with Gasteiger partial charge in [-0.05, 0) is 23.3 Å². The fourth-order valence-corrected chi connectivity index (χ4v) is 3.36. The summed E-state index contributed by atoms with van der Waals surface area (Å²) in [5, 5.41) is 10.9. The van der Waals surface area contributed by atoms with Gasteiger partial charge in [0, 0.05) is 5.69 Å². The van der Waals surface area contributed by atoms with Crippen LogP contribution in [-0.2, 0) is 0 Å². The second-order valence-corrected chi connectivity index (χ2v) is 5.94. The molecule has 1 aliphatic heterocycles. The number of benzene rings is 3. The summed E-state index contributed by atoms with van der Waals surface area (Å²) < 4.78 is 0. The maximum atomic E-state index is 10.9. The van der Waals surface area contributed by atoms with Crippen molar-refractivity contribution in [3.8, 4) is 0 Å². The second kappa shape index (κ2) is 5.90. The molecule has 1 heterocycles. The molecule has 3 aromatic rings. The SMILES string of the molecule is OC(c1ccccc1)C1C(c2ccccc2)N1c1ccccc1. The van der Waals surface area contributed by atoms with Gasteiger partial charge in [0.15, 0.2) is 0 Å². The van der Waals surface area contributed by atoms with E-state index in [0.29, 0.717) is 0 Å². The first-order valence-electron chi connectivity index (χ1n) is 7.97. The standard InChI is InChI=1S/C21H19NO/c23-21(17-12-6-2-7-13-17)20-19(16-10-4-1-5-11-16)22(20)18-14-8-3-9-15-18/h1-15,19-21,23H. The summed E-state index contributed by atoms with van der Waals surface area (Å²) in [4.78, 5) is 2.30. The van der Waals surface area contributed by atoms with Crippen LogP contribution in [0.15, 0.2) is 91.0 Å². The van der Waals surface area contributed by atoms with Gasteiger partial charge in [-0.25, -0.2) is 0 Å². The second-order valence-electron chi connectivity index (χ2n) is 5.94. The Labute approximate surface area is 136 Å². The van der Waals surface area contributed by atoms with E-state index in [1.807, 2.05) is 54.6 Å².